The van der Waals surface area contributed by atoms with Crippen LogP contribution in [0.1, 0.15) is 27.7 Å². The Kier molecular flexibility index (Phi) is 4.07. The van der Waals surface area contributed by atoms with Crippen LogP contribution in [0, 0.1) is 11.8 Å². The van der Waals surface area contributed by atoms with Gasteiger partial charge in [0.25, 0.3) is 0 Å². The number of rotatable bonds is 3. The first kappa shape index (κ1) is 10.1. The average molecular weight is 163 g/mol. The minimum atomic E-state index is -1.99. The monoisotopic (exact) mass is 163 g/mol. The van der Waals surface area contributed by atoms with E-state index in [1.807, 2.05) is 27.7 Å². The zero-order valence-corrected chi connectivity index (χ0v) is 7.93. The van der Waals surface area contributed by atoms with Gasteiger partial charge < -0.3 is 0 Å². The maximum atomic E-state index is 10.7. The summed E-state index contributed by atoms with van der Waals surface area (Å²) < 4.78 is 10.7. The van der Waals surface area contributed by atoms with Crippen LogP contribution >= 0.6 is 8.03 Å². The highest BCUT2D eigenvalue weighted by Crippen LogP contribution is 2.34. The Balaban J connectivity index is 4.12. The Morgan fingerprint density at radius 2 is 1.40 bits per heavy atom. The molecule has 0 aliphatic rings. The third kappa shape index (κ3) is 2.76. The smallest absolute Gasteiger partial charge is 0.161 e. The van der Waals surface area contributed by atoms with Crippen molar-refractivity contribution in [3.63, 3.8) is 0 Å². The lowest BCUT2D eigenvalue weighted by Crippen LogP contribution is -2.17. The molecule has 1 unspecified atom stereocenters. The van der Waals surface area contributed by atoms with Gasteiger partial charge in [-0.3, -0.25) is 0 Å². The molecule has 0 amide bonds. The first-order chi connectivity index (χ1) is 4.46. The Bertz CT molecular complexity index is 113. The molecule has 0 aromatic carbocycles. The molecule has 0 rings (SSSR count). The third-order valence-corrected chi connectivity index (χ3v) is 3.32. The first-order valence-corrected chi connectivity index (χ1v) is 4.90. The highest BCUT2D eigenvalue weighted by Gasteiger charge is 2.35. The van der Waals surface area contributed by atoms with Crippen LogP contribution in [0.25, 0.3) is 0 Å². The van der Waals surface area contributed by atoms with E-state index < -0.39 is 8.03 Å². The molecule has 0 aliphatic heterocycles. The second kappa shape index (κ2) is 4.05. The molecule has 0 heterocycles. The highest BCUT2D eigenvalue weighted by molar-refractivity contribution is 7.38. The van der Waals surface area contributed by atoms with Crippen LogP contribution in [0.3, 0.4) is 0 Å². The lowest BCUT2D eigenvalue weighted by molar-refractivity contribution is 0.413. The molecule has 0 saturated carbocycles. The Hall–Kier alpha value is 0.0600. The summed E-state index contributed by atoms with van der Waals surface area (Å²) in [4.78, 5) is 8.86. The predicted molar refractivity (Wildman–Crippen MR) is 43.3 cm³/mol. The summed E-state index contributed by atoms with van der Waals surface area (Å²) >= 11 is 0. The van der Waals surface area contributed by atoms with Gasteiger partial charge in [0.15, 0.2) is 5.66 Å². The molecule has 1 atom stereocenters. The molecule has 0 saturated heterocycles. The fourth-order valence-electron chi connectivity index (χ4n) is 1.28. The maximum absolute atomic E-state index is 10.7. The molecule has 0 bridgehead atoms. The van der Waals surface area contributed by atoms with E-state index >= 15 is 0 Å². The summed E-state index contributed by atoms with van der Waals surface area (Å²) in [6.07, 6.45) is 0. The predicted octanol–water partition coefficient (Wildman–Crippen LogP) is 2.40. The Morgan fingerprint density at radius 1 is 1.10 bits per heavy atom. The summed E-state index contributed by atoms with van der Waals surface area (Å²) in [5, 5.41) is 0. The van der Waals surface area contributed by atoms with Crippen molar-refractivity contribution in [1.82, 2.24) is 0 Å². The molecule has 10 heavy (non-hydrogen) atoms. The van der Waals surface area contributed by atoms with Crippen molar-refractivity contribution in [2.45, 2.75) is 33.4 Å². The van der Waals surface area contributed by atoms with Crippen molar-refractivity contribution in [3.05, 3.63) is 0 Å². The minimum absolute atomic E-state index is 0.0463. The molecule has 0 aliphatic carbocycles. The van der Waals surface area contributed by atoms with Crippen LogP contribution in [0.2, 0.25) is 0 Å². The summed E-state index contributed by atoms with van der Waals surface area (Å²) in [6.45, 7) is 7.92. The zero-order valence-electron chi connectivity index (χ0n) is 7.03. The molecular formula is C7H16O2P+. The van der Waals surface area contributed by atoms with Crippen molar-refractivity contribution in [2.75, 3.05) is 0 Å². The standard InChI is InChI=1S/C7H15O2P/c1-5(2)7(6(3)4)10(8)9/h5-7H,1-4H3/p+1. The van der Waals surface area contributed by atoms with Gasteiger partial charge in [0.1, 0.15) is 0 Å². The third-order valence-electron chi connectivity index (χ3n) is 1.62. The van der Waals surface area contributed by atoms with Gasteiger partial charge in [-0.15, -0.1) is 0 Å². The molecule has 3 heteroatoms. The van der Waals surface area contributed by atoms with Crippen LogP contribution in [0.5, 0.6) is 0 Å². The van der Waals surface area contributed by atoms with Gasteiger partial charge >= 0.3 is 8.03 Å². The lowest BCUT2D eigenvalue weighted by Gasteiger charge is -2.11. The number of hydrogen-bond acceptors (Lipinski definition) is 1. The molecule has 0 fully saturated rings. The first-order valence-electron chi connectivity index (χ1n) is 3.62. The topological polar surface area (TPSA) is 37.3 Å². The second-order valence-corrected chi connectivity index (χ2v) is 4.48. The number of hydrogen-bond donors (Lipinski definition) is 1. The molecular weight excluding hydrogens is 147 g/mol. The van der Waals surface area contributed by atoms with E-state index in [1.165, 1.54) is 0 Å². The van der Waals surface area contributed by atoms with Gasteiger partial charge in [0.2, 0.25) is 0 Å². The van der Waals surface area contributed by atoms with Crippen LogP contribution < -0.4 is 0 Å². The van der Waals surface area contributed by atoms with Gasteiger partial charge in [-0.25, -0.2) is 0 Å². The van der Waals surface area contributed by atoms with Gasteiger partial charge in [-0.1, -0.05) is 27.7 Å². The van der Waals surface area contributed by atoms with Crippen LogP contribution in [-0.4, -0.2) is 10.6 Å². The summed E-state index contributed by atoms with van der Waals surface area (Å²) in [5.41, 5.74) is -0.0463. The second-order valence-electron chi connectivity index (χ2n) is 3.28. The van der Waals surface area contributed by atoms with Gasteiger partial charge in [0.05, 0.1) is 0 Å². The normalized spacial score (nSPS) is 13.4. The fraction of sp³-hybridized carbons (Fsp3) is 1.00. The van der Waals surface area contributed by atoms with E-state index in [9.17, 15) is 4.57 Å². The van der Waals surface area contributed by atoms with Crippen LogP contribution in [0.15, 0.2) is 0 Å². The van der Waals surface area contributed by atoms with Crippen molar-refractivity contribution in [2.24, 2.45) is 11.8 Å². The molecule has 0 aromatic heterocycles. The van der Waals surface area contributed by atoms with Gasteiger partial charge in [-0.2, -0.15) is 4.89 Å². The lowest BCUT2D eigenvalue weighted by atomic mass is 10.0. The Labute approximate surface area is 63.5 Å². The highest BCUT2D eigenvalue weighted by atomic mass is 31.1. The summed E-state index contributed by atoms with van der Waals surface area (Å²) in [7, 11) is -1.99. The summed E-state index contributed by atoms with van der Waals surface area (Å²) in [6, 6.07) is 0. The molecule has 2 nitrogen and oxygen atoms in total. The van der Waals surface area contributed by atoms with E-state index in [1.54, 1.807) is 0 Å². The van der Waals surface area contributed by atoms with Crippen molar-refractivity contribution < 1.29 is 9.46 Å². The zero-order chi connectivity index (χ0) is 8.31. The average Bonchev–Trinajstić information content (AvgIpc) is 1.59. The van der Waals surface area contributed by atoms with Crippen LogP contribution in [-0.2, 0) is 4.57 Å². The molecule has 0 spiro atoms. The van der Waals surface area contributed by atoms with E-state index in [-0.39, 0.29) is 5.66 Å². The van der Waals surface area contributed by atoms with E-state index in [2.05, 4.69) is 0 Å². The van der Waals surface area contributed by atoms with E-state index in [0.717, 1.165) is 0 Å². The van der Waals surface area contributed by atoms with E-state index in [4.69, 9.17) is 4.89 Å². The van der Waals surface area contributed by atoms with Gasteiger partial charge in [0, 0.05) is 11.8 Å². The molecule has 0 radical (unpaired) electrons. The molecule has 60 valence electrons. The maximum Gasteiger partial charge on any atom is 0.509 e. The quantitative estimate of drug-likeness (QED) is 0.648. The SMILES string of the molecule is CC(C)C(C(C)C)[P+](=O)O. The molecule has 0 aromatic rings. The fourth-order valence-corrected chi connectivity index (χ4v) is 2.30. The van der Waals surface area contributed by atoms with Crippen molar-refractivity contribution in [3.8, 4) is 0 Å². The largest absolute Gasteiger partial charge is 0.509 e. The summed E-state index contributed by atoms with van der Waals surface area (Å²) in [5.74, 6) is 0.599. The van der Waals surface area contributed by atoms with E-state index in [0.29, 0.717) is 11.8 Å². The minimum Gasteiger partial charge on any atom is -0.161 e. The molecule has 1 N–H and O–H groups in total. The van der Waals surface area contributed by atoms with Gasteiger partial charge in [-0.05, 0) is 4.57 Å². The van der Waals surface area contributed by atoms with Crippen molar-refractivity contribution >= 4 is 8.03 Å². The van der Waals surface area contributed by atoms with Crippen molar-refractivity contribution in [1.29, 1.82) is 0 Å². The van der Waals surface area contributed by atoms with Crippen LogP contribution in [0.4, 0.5) is 0 Å². The Morgan fingerprint density at radius 3 is 1.40 bits per heavy atom.